The van der Waals surface area contributed by atoms with Crippen LogP contribution in [0, 0.1) is 6.92 Å². The second kappa shape index (κ2) is 9.15. The molecule has 28 heavy (non-hydrogen) atoms. The quantitative estimate of drug-likeness (QED) is 0.203. The van der Waals surface area contributed by atoms with Gasteiger partial charge >= 0.3 is 19.0 Å². The summed E-state index contributed by atoms with van der Waals surface area (Å²) < 4.78 is 32.8. The van der Waals surface area contributed by atoms with Crippen molar-refractivity contribution in [1.29, 1.82) is 0 Å². The minimum absolute atomic E-state index is 0.0661. The van der Waals surface area contributed by atoms with Crippen molar-refractivity contribution in [2.45, 2.75) is 38.6 Å². The van der Waals surface area contributed by atoms with Crippen LogP contribution >= 0.6 is 7.60 Å². The molecular weight excluding hydrogens is 399 g/mol. The average molecular weight is 418 g/mol. The highest BCUT2D eigenvalue weighted by molar-refractivity contribution is 7.71. The van der Waals surface area contributed by atoms with Crippen LogP contribution < -0.4 is 17.1 Å². The monoisotopic (exact) mass is 418 g/mol. The Labute approximate surface area is 157 Å². The van der Waals surface area contributed by atoms with Gasteiger partial charge in [-0.15, -0.1) is 0 Å². The summed E-state index contributed by atoms with van der Waals surface area (Å²) in [7, 11) is -4.44. The van der Waals surface area contributed by atoms with E-state index in [1.54, 1.807) is 0 Å². The van der Waals surface area contributed by atoms with Crippen molar-refractivity contribution in [1.82, 2.24) is 9.55 Å². The highest BCUT2D eigenvalue weighted by Gasteiger charge is 2.42. The van der Waals surface area contributed by atoms with Crippen molar-refractivity contribution in [3.05, 3.63) is 43.0 Å². The molecule has 3 N–H and O–H groups in total. The van der Waals surface area contributed by atoms with Gasteiger partial charge in [-0.2, -0.15) is 0 Å². The number of nitrogens with one attached hydrogen (secondary N) is 1. The first kappa shape index (κ1) is 21.8. The molecular formula is C13H19N6O8P. The molecule has 0 saturated carbocycles. The number of carbonyl (C=O) groups excluding carboxylic acids is 1. The number of hydrogen-bond acceptors (Lipinski definition) is 10. The van der Waals surface area contributed by atoms with Crippen LogP contribution in [0.15, 0.2) is 20.9 Å². The van der Waals surface area contributed by atoms with Gasteiger partial charge in [-0.05, 0) is 19.4 Å². The lowest BCUT2D eigenvalue weighted by molar-refractivity contribution is -0.0249. The predicted octanol–water partition coefficient (Wildman–Crippen LogP) is 1.07. The average Bonchev–Trinajstić information content (AvgIpc) is 3.06. The zero-order valence-electron chi connectivity index (χ0n) is 15.0. The molecule has 2 heterocycles. The second-order valence-electron chi connectivity index (χ2n) is 5.71. The summed E-state index contributed by atoms with van der Waals surface area (Å²) in [6, 6.07) is -0.817. The van der Waals surface area contributed by atoms with Crippen LogP contribution in [0.2, 0.25) is 0 Å². The zero-order chi connectivity index (χ0) is 20.9. The summed E-state index contributed by atoms with van der Waals surface area (Å²) >= 11 is 0. The number of H-pyrrole nitrogens is 1. The molecule has 2 rings (SSSR count). The minimum atomic E-state index is -4.44. The largest absolute Gasteiger partial charge is 0.457 e. The summed E-state index contributed by atoms with van der Waals surface area (Å²) in [6.07, 6.45) is -0.503. The summed E-state index contributed by atoms with van der Waals surface area (Å²) in [5, 5.41) is 3.57. The van der Waals surface area contributed by atoms with Crippen molar-refractivity contribution in [2.24, 2.45) is 11.0 Å². The van der Waals surface area contributed by atoms with E-state index in [-0.39, 0.29) is 18.6 Å². The Morgan fingerprint density at radius 2 is 2.29 bits per heavy atom. The molecule has 0 amide bonds. The Kier molecular flexibility index (Phi) is 7.13. The molecule has 1 fully saturated rings. The molecule has 1 unspecified atom stereocenters. The van der Waals surface area contributed by atoms with Crippen molar-refractivity contribution in [2.75, 3.05) is 13.2 Å². The maximum Gasteiger partial charge on any atom is 0.454 e. The van der Waals surface area contributed by atoms with E-state index in [0.29, 0.717) is 0 Å². The van der Waals surface area contributed by atoms with Crippen LogP contribution in [0.25, 0.3) is 10.4 Å². The molecule has 0 spiro atoms. The fourth-order valence-corrected chi connectivity index (χ4v) is 3.41. The summed E-state index contributed by atoms with van der Waals surface area (Å²) in [5.74, 6) is 4.89. The van der Waals surface area contributed by atoms with E-state index in [1.165, 1.54) is 20.0 Å². The van der Waals surface area contributed by atoms with E-state index in [1.807, 2.05) is 0 Å². The lowest BCUT2D eigenvalue weighted by atomic mass is 10.1. The maximum atomic E-state index is 12.3. The standard InChI is InChI=1S/C13H19N6O8P/c1-3-24-13(22)28(23,27-15)25-6-9-8(17-18-14)4-10(26-9)19-5-7(2)11(20)16-12(19)21/h5,8-10H,3-4,6,15H2,1-2H3,(H,16,20,21)/t8-,9+,10+,28?/m0/s1. The smallest absolute Gasteiger partial charge is 0.454 e. The first-order chi connectivity index (χ1) is 13.3. The number of azide groups is 1. The van der Waals surface area contributed by atoms with Gasteiger partial charge in [-0.3, -0.25) is 18.9 Å². The molecule has 15 heteroatoms. The number of ether oxygens (including phenoxy) is 2. The number of aryl methyl sites for hydroxylation is 1. The van der Waals surface area contributed by atoms with Gasteiger partial charge < -0.3 is 9.47 Å². The summed E-state index contributed by atoms with van der Waals surface area (Å²) in [6.45, 7) is 2.42. The highest BCUT2D eigenvalue weighted by Crippen LogP contribution is 2.49. The number of nitrogens with two attached hydrogens (primary N) is 1. The molecule has 1 aliphatic rings. The Bertz CT molecular complexity index is 938. The minimum Gasteiger partial charge on any atom is -0.457 e. The second-order valence-corrected chi connectivity index (χ2v) is 7.54. The van der Waals surface area contributed by atoms with Crippen molar-refractivity contribution in [3.63, 3.8) is 0 Å². The van der Waals surface area contributed by atoms with Gasteiger partial charge in [0, 0.05) is 23.1 Å². The number of carbonyl (C=O) groups is 1. The molecule has 154 valence electrons. The summed E-state index contributed by atoms with van der Waals surface area (Å²) in [5.41, 5.74) is 6.47. The van der Waals surface area contributed by atoms with Crippen LogP contribution in [0.1, 0.15) is 25.1 Å². The van der Waals surface area contributed by atoms with E-state index in [4.69, 9.17) is 20.7 Å². The molecule has 1 aliphatic heterocycles. The van der Waals surface area contributed by atoms with Crippen LogP contribution in [-0.2, 0) is 23.2 Å². The molecule has 1 aromatic rings. The van der Waals surface area contributed by atoms with Crippen LogP contribution in [0.5, 0.6) is 0 Å². The molecule has 0 radical (unpaired) electrons. The first-order valence-corrected chi connectivity index (χ1v) is 9.62. The number of aromatic nitrogens is 2. The van der Waals surface area contributed by atoms with Crippen LogP contribution in [-0.4, -0.2) is 40.6 Å². The zero-order valence-corrected chi connectivity index (χ0v) is 15.9. The third-order valence-electron chi connectivity index (χ3n) is 3.90. The fourth-order valence-electron chi connectivity index (χ4n) is 2.52. The third kappa shape index (κ3) is 4.68. The molecule has 0 aromatic carbocycles. The third-order valence-corrected chi connectivity index (χ3v) is 5.24. The Balaban J connectivity index is 2.20. The predicted molar refractivity (Wildman–Crippen MR) is 93.4 cm³/mol. The maximum absolute atomic E-state index is 12.3. The van der Waals surface area contributed by atoms with Crippen LogP contribution in [0.4, 0.5) is 4.79 Å². The van der Waals surface area contributed by atoms with E-state index >= 15 is 0 Å². The molecule has 1 aromatic heterocycles. The van der Waals surface area contributed by atoms with Gasteiger partial charge in [0.05, 0.1) is 25.4 Å². The van der Waals surface area contributed by atoms with E-state index < -0.39 is 49.5 Å². The fraction of sp³-hybridized carbons (Fsp3) is 0.615. The SMILES string of the molecule is CCOC(=O)P(=O)(ON)OC[C@H]1O[C@@H](n2cc(C)c(=O)[nH]c2=O)C[C@@H]1N=[N+]=[N-]. The molecule has 14 nitrogen and oxygen atoms in total. The number of aromatic amines is 1. The van der Waals surface area contributed by atoms with Gasteiger partial charge in [0.25, 0.3) is 5.56 Å². The molecule has 1 saturated heterocycles. The van der Waals surface area contributed by atoms with Crippen LogP contribution in [0.3, 0.4) is 0 Å². The van der Waals surface area contributed by atoms with Crippen molar-refractivity contribution < 1.29 is 28.0 Å². The molecule has 0 bridgehead atoms. The van der Waals surface area contributed by atoms with E-state index in [0.717, 1.165) is 4.57 Å². The van der Waals surface area contributed by atoms with Gasteiger partial charge in [0.15, 0.2) is 0 Å². The Morgan fingerprint density at radius 3 is 2.89 bits per heavy atom. The van der Waals surface area contributed by atoms with E-state index in [2.05, 4.69) is 24.4 Å². The molecule has 4 atom stereocenters. The van der Waals surface area contributed by atoms with E-state index in [9.17, 15) is 18.9 Å². The Hall–Kier alpha value is -2.47. The highest BCUT2D eigenvalue weighted by atomic mass is 31.2. The lowest BCUT2D eigenvalue weighted by Crippen LogP contribution is -2.33. The summed E-state index contributed by atoms with van der Waals surface area (Å²) in [4.78, 5) is 40.1. The van der Waals surface area contributed by atoms with Gasteiger partial charge in [-0.25, -0.2) is 24.7 Å². The first-order valence-electron chi connectivity index (χ1n) is 8.07. The Morgan fingerprint density at radius 1 is 1.57 bits per heavy atom. The lowest BCUT2D eigenvalue weighted by Gasteiger charge is -2.19. The number of nitrogens with zero attached hydrogens (tertiary/aromatic N) is 4. The normalized spacial score (nSPS) is 23.6. The number of rotatable bonds is 8. The van der Waals surface area contributed by atoms with Gasteiger partial charge in [0.1, 0.15) is 6.23 Å². The topological polar surface area (TPSA) is 201 Å². The van der Waals surface area contributed by atoms with Gasteiger partial charge in [0.2, 0.25) is 0 Å². The number of hydrogen-bond donors (Lipinski definition) is 2. The molecule has 0 aliphatic carbocycles. The van der Waals surface area contributed by atoms with Gasteiger partial charge in [-0.1, -0.05) is 5.11 Å². The van der Waals surface area contributed by atoms with Crippen molar-refractivity contribution >= 4 is 13.3 Å². The van der Waals surface area contributed by atoms with Crippen molar-refractivity contribution in [3.8, 4) is 0 Å².